The second-order valence-corrected chi connectivity index (χ2v) is 7.04. The van der Waals surface area contributed by atoms with E-state index in [0.717, 1.165) is 23.4 Å². The average Bonchev–Trinajstić information content (AvgIpc) is 2.67. The summed E-state index contributed by atoms with van der Waals surface area (Å²) in [5, 5.41) is 15.8. The Hall–Kier alpha value is -3.00. The van der Waals surface area contributed by atoms with E-state index in [1.54, 1.807) is 12.1 Å². The van der Waals surface area contributed by atoms with Crippen molar-refractivity contribution in [1.29, 1.82) is 0 Å². The fourth-order valence-corrected chi connectivity index (χ4v) is 3.59. The Morgan fingerprint density at radius 2 is 2.10 bits per heavy atom. The number of halogens is 3. The summed E-state index contributed by atoms with van der Waals surface area (Å²) in [5.41, 5.74) is 2.17. The third kappa shape index (κ3) is 4.07. The van der Waals surface area contributed by atoms with Crippen molar-refractivity contribution in [2.24, 2.45) is 0 Å². The van der Waals surface area contributed by atoms with Crippen molar-refractivity contribution in [2.75, 3.05) is 23.8 Å². The summed E-state index contributed by atoms with van der Waals surface area (Å²) >= 11 is 0. The molecule has 0 bridgehead atoms. The van der Waals surface area contributed by atoms with Gasteiger partial charge in [-0.25, -0.2) is 0 Å². The number of rotatable bonds is 2. The van der Waals surface area contributed by atoms with Crippen LogP contribution in [0.1, 0.15) is 23.1 Å². The molecule has 29 heavy (non-hydrogen) atoms. The summed E-state index contributed by atoms with van der Waals surface area (Å²) in [4.78, 5) is 12.6. The highest BCUT2D eigenvalue weighted by molar-refractivity contribution is 6.05. The van der Waals surface area contributed by atoms with E-state index < -0.39 is 23.8 Å². The first-order valence-electron chi connectivity index (χ1n) is 9.21. The minimum atomic E-state index is -4.48. The molecular weight excluding hydrogens is 385 g/mol. The van der Waals surface area contributed by atoms with Crippen molar-refractivity contribution in [1.82, 2.24) is 0 Å². The van der Waals surface area contributed by atoms with Crippen molar-refractivity contribution in [3.8, 4) is 5.75 Å². The molecule has 5 nitrogen and oxygen atoms in total. The number of ether oxygens (including phenoxy) is 1. The number of alkyl halides is 3. The van der Waals surface area contributed by atoms with E-state index >= 15 is 0 Å². The van der Waals surface area contributed by atoms with Crippen LogP contribution in [-0.4, -0.2) is 30.3 Å². The molecule has 2 aromatic rings. The Labute approximate surface area is 165 Å². The first kappa shape index (κ1) is 19.3. The van der Waals surface area contributed by atoms with Crippen LogP contribution in [0.15, 0.2) is 42.5 Å². The van der Waals surface area contributed by atoms with Gasteiger partial charge < -0.3 is 20.5 Å². The number of aliphatic hydroxyl groups is 1. The van der Waals surface area contributed by atoms with Gasteiger partial charge in [0.05, 0.1) is 18.3 Å². The van der Waals surface area contributed by atoms with Crippen molar-refractivity contribution in [2.45, 2.75) is 25.1 Å². The Bertz CT molecular complexity index is 986. The lowest BCUT2D eigenvalue weighted by Crippen LogP contribution is -2.28. The van der Waals surface area contributed by atoms with Gasteiger partial charge in [-0.1, -0.05) is 6.07 Å². The quantitative estimate of drug-likeness (QED) is 0.666. The maximum atomic E-state index is 13.1. The molecule has 8 heteroatoms. The van der Waals surface area contributed by atoms with Gasteiger partial charge >= 0.3 is 6.18 Å². The lowest BCUT2D eigenvalue weighted by atomic mass is 9.96. The van der Waals surface area contributed by atoms with Gasteiger partial charge in [0.2, 0.25) is 5.91 Å². The molecule has 3 N–H and O–H groups in total. The van der Waals surface area contributed by atoms with Crippen LogP contribution in [0.4, 0.5) is 24.5 Å². The molecule has 1 atom stereocenters. The van der Waals surface area contributed by atoms with Gasteiger partial charge in [0.15, 0.2) is 0 Å². The number of fused-ring (bicyclic) bond motifs is 2. The average molecular weight is 404 g/mol. The van der Waals surface area contributed by atoms with E-state index in [2.05, 4.69) is 10.6 Å². The Morgan fingerprint density at radius 3 is 2.90 bits per heavy atom. The van der Waals surface area contributed by atoms with Crippen molar-refractivity contribution in [3.05, 3.63) is 59.2 Å². The van der Waals surface area contributed by atoms with Gasteiger partial charge in [-0.15, -0.1) is 0 Å². The van der Waals surface area contributed by atoms with E-state index in [4.69, 9.17) is 4.74 Å². The van der Waals surface area contributed by atoms with E-state index in [0.29, 0.717) is 36.4 Å². The first-order chi connectivity index (χ1) is 13.8. The highest BCUT2D eigenvalue weighted by Crippen LogP contribution is 2.38. The molecule has 0 radical (unpaired) electrons. The predicted octanol–water partition coefficient (Wildman–Crippen LogP) is 3.84. The van der Waals surface area contributed by atoms with Crippen LogP contribution in [0.5, 0.6) is 5.75 Å². The van der Waals surface area contributed by atoms with Gasteiger partial charge in [0.1, 0.15) is 5.75 Å². The number of β-amino-alcohol motifs (C(OH)–C–C–N with tert-alkyl or cyclic N) is 1. The highest BCUT2D eigenvalue weighted by atomic mass is 19.4. The number of amides is 1. The molecular formula is C21H19F3N2O3. The molecule has 0 aromatic heterocycles. The molecule has 1 unspecified atom stereocenters. The molecule has 1 amide bonds. The fourth-order valence-electron chi connectivity index (χ4n) is 3.59. The van der Waals surface area contributed by atoms with Crippen molar-refractivity contribution in [3.63, 3.8) is 0 Å². The molecule has 2 aliphatic heterocycles. The van der Waals surface area contributed by atoms with Crippen LogP contribution in [0, 0.1) is 0 Å². The maximum absolute atomic E-state index is 13.1. The summed E-state index contributed by atoms with van der Waals surface area (Å²) in [6.45, 7) is 0.723. The Balaban J connectivity index is 1.61. The zero-order chi connectivity index (χ0) is 20.6. The molecule has 0 spiro atoms. The lowest BCUT2D eigenvalue weighted by molar-refractivity contribution is -0.137. The summed E-state index contributed by atoms with van der Waals surface area (Å²) in [6.07, 6.45) is -2.98. The molecule has 2 aromatic carbocycles. The van der Waals surface area contributed by atoms with Crippen LogP contribution >= 0.6 is 0 Å². The second kappa shape index (κ2) is 7.44. The third-order valence-corrected chi connectivity index (χ3v) is 4.99. The predicted molar refractivity (Wildman–Crippen MR) is 103 cm³/mol. The highest BCUT2D eigenvalue weighted by Gasteiger charge is 2.32. The van der Waals surface area contributed by atoms with Crippen LogP contribution < -0.4 is 15.4 Å². The number of anilines is 2. The first-order valence-corrected chi connectivity index (χ1v) is 9.21. The van der Waals surface area contributed by atoms with E-state index in [1.807, 2.05) is 6.07 Å². The number of carbonyl (C=O) groups excluding carboxylic acids is 1. The molecule has 4 rings (SSSR count). The Kier molecular flexibility index (Phi) is 4.96. The molecule has 0 aliphatic carbocycles. The van der Waals surface area contributed by atoms with E-state index in [9.17, 15) is 23.1 Å². The molecule has 152 valence electrons. The van der Waals surface area contributed by atoms with E-state index in [-0.39, 0.29) is 12.2 Å². The zero-order valence-electron chi connectivity index (χ0n) is 15.3. The molecule has 0 saturated heterocycles. The van der Waals surface area contributed by atoms with Crippen LogP contribution in [0.2, 0.25) is 0 Å². The molecule has 2 heterocycles. The summed E-state index contributed by atoms with van der Waals surface area (Å²) in [6, 6.07) is 8.64. The second-order valence-electron chi connectivity index (χ2n) is 7.04. The molecule has 0 saturated carbocycles. The maximum Gasteiger partial charge on any atom is 0.416 e. The summed E-state index contributed by atoms with van der Waals surface area (Å²) in [5.74, 6) is -0.119. The minimum Gasteiger partial charge on any atom is -0.493 e. The van der Waals surface area contributed by atoms with Gasteiger partial charge in [0, 0.05) is 48.0 Å². The van der Waals surface area contributed by atoms with Gasteiger partial charge in [-0.05, 0) is 35.9 Å². The number of hydrogen-bond donors (Lipinski definition) is 3. The monoisotopic (exact) mass is 404 g/mol. The number of nitrogens with one attached hydrogen (secondary N) is 2. The SMILES string of the molecule is O=C(/C=C1\CCOc2ccc(C(F)(F)F)cc21)Nc1cccc2c1CC(O)CN2. The number of carbonyl (C=O) groups is 1. The van der Waals surface area contributed by atoms with Gasteiger partial charge in [-0.3, -0.25) is 4.79 Å². The van der Waals surface area contributed by atoms with Crippen LogP contribution in [-0.2, 0) is 17.4 Å². The number of aliphatic hydroxyl groups excluding tert-OH is 1. The van der Waals surface area contributed by atoms with Gasteiger partial charge in [-0.2, -0.15) is 13.2 Å². The fraction of sp³-hybridized carbons (Fsp3) is 0.286. The third-order valence-electron chi connectivity index (χ3n) is 4.99. The van der Waals surface area contributed by atoms with Crippen LogP contribution in [0.25, 0.3) is 5.57 Å². The standard InChI is InChI=1S/C21H19F3N2O3/c22-21(23,24)13-4-5-19-15(9-13)12(6-7-29-19)8-20(28)26-18-3-1-2-17-16(18)10-14(27)11-25-17/h1-5,8-9,14,25,27H,6-7,10-11H2,(H,26,28)/b12-8+. The minimum absolute atomic E-state index is 0.272. The number of benzene rings is 2. The Morgan fingerprint density at radius 1 is 1.28 bits per heavy atom. The summed E-state index contributed by atoms with van der Waals surface area (Å²) in [7, 11) is 0. The van der Waals surface area contributed by atoms with Crippen molar-refractivity contribution < 1.29 is 27.8 Å². The molecule has 2 aliphatic rings. The largest absolute Gasteiger partial charge is 0.493 e. The van der Waals surface area contributed by atoms with E-state index in [1.165, 1.54) is 12.1 Å². The summed E-state index contributed by atoms with van der Waals surface area (Å²) < 4.78 is 44.6. The smallest absolute Gasteiger partial charge is 0.416 e. The topological polar surface area (TPSA) is 70.6 Å². The molecule has 0 fully saturated rings. The zero-order valence-corrected chi connectivity index (χ0v) is 15.3. The van der Waals surface area contributed by atoms with Gasteiger partial charge in [0.25, 0.3) is 0 Å². The number of hydrogen-bond acceptors (Lipinski definition) is 4. The normalized spacial score (nSPS) is 19.6. The lowest BCUT2D eigenvalue weighted by Gasteiger charge is -2.25. The van der Waals surface area contributed by atoms with Crippen LogP contribution in [0.3, 0.4) is 0 Å². The van der Waals surface area contributed by atoms with Crippen molar-refractivity contribution >= 4 is 22.9 Å².